The number of rotatable bonds is 5. The van der Waals surface area contributed by atoms with Crippen molar-refractivity contribution in [3.05, 3.63) is 53.2 Å². The van der Waals surface area contributed by atoms with Gasteiger partial charge in [0.1, 0.15) is 0 Å². The Bertz CT molecular complexity index is 1290. The fourth-order valence-corrected chi connectivity index (χ4v) is 4.74. The molecule has 0 saturated carbocycles. The largest absolute Gasteiger partial charge is 0.397 e. The molecular formula is C25H31FN6O3. The van der Waals surface area contributed by atoms with Crippen LogP contribution in [0.5, 0.6) is 0 Å². The summed E-state index contributed by atoms with van der Waals surface area (Å²) < 4.78 is 27.7. The van der Waals surface area contributed by atoms with Crippen LogP contribution in [0.4, 0.5) is 21.5 Å². The number of nitrogen functional groups attached to an aromatic ring is 1. The first-order valence-corrected chi connectivity index (χ1v) is 11.8. The Labute approximate surface area is 204 Å². The molecule has 2 fully saturated rings. The first-order valence-electron chi connectivity index (χ1n) is 11.8. The van der Waals surface area contributed by atoms with Crippen LogP contribution in [-0.4, -0.2) is 60.1 Å². The molecule has 3 aromatic rings. The van der Waals surface area contributed by atoms with Crippen LogP contribution in [0.3, 0.4) is 0 Å². The van der Waals surface area contributed by atoms with Gasteiger partial charge in [0.25, 0.3) is 5.91 Å². The summed E-state index contributed by atoms with van der Waals surface area (Å²) in [5.74, 6) is -1.43. The van der Waals surface area contributed by atoms with Crippen LogP contribution in [0.25, 0.3) is 5.65 Å². The lowest BCUT2D eigenvalue weighted by molar-refractivity contribution is -0.169. The van der Waals surface area contributed by atoms with E-state index < -0.39 is 17.5 Å². The summed E-state index contributed by atoms with van der Waals surface area (Å²) in [7, 11) is 0. The highest BCUT2D eigenvalue weighted by Crippen LogP contribution is 2.36. The van der Waals surface area contributed by atoms with Gasteiger partial charge in [-0.25, -0.2) is 9.37 Å². The second-order valence-corrected chi connectivity index (χ2v) is 8.83. The van der Waals surface area contributed by atoms with Gasteiger partial charge in [-0.15, -0.1) is 0 Å². The van der Waals surface area contributed by atoms with Crippen LogP contribution in [0.1, 0.15) is 42.8 Å². The van der Waals surface area contributed by atoms with Crippen molar-refractivity contribution < 1.29 is 20.1 Å². The second kappa shape index (κ2) is 9.27. The number of hydrogen-bond acceptors (Lipinski definition) is 7. The molecule has 2 aromatic heterocycles. The predicted molar refractivity (Wildman–Crippen MR) is 135 cm³/mol. The van der Waals surface area contributed by atoms with Crippen molar-refractivity contribution in [1.82, 2.24) is 9.38 Å². The lowest BCUT2D eigenvalue weighted by Crippen LogP contribution is -2.45. The number of carbonyl (C=O) groups excluding carboxylic acids is 1. The maximum Gasteiger partial charge on any atom is 0.257 e. The zero-order valence-electron chi connectivity index (χ0n) is 19.9. The van der Waals surface area contributed by atoms with Crippen molar-refractivity contribution in [2.75, 3.05) is 48.8 Å². The number of aryl methyl sites for hydroxylation is 1. The molecule has 0 bridgehead atoms. The molecule has 2 aliphatic heterocycles. The molecule has 0 unspecified atom stereocenters. The number of imidazole rings is 1. The average Bonchev–Trinajstić information content (AvgIpc) is 3.45. The minimum Gasteiger partial charge on any atom is -0.397 e. The number of nitrogens with zero attached hydrogens (tertiary/aromatic N) is 4. The topological polar surface area (TPSA) is 106 Å². The molecule has 35 heavy (non-hydrogen) atoms. The molecule has 1 amide bonds. The van der Waals surface area contributed by atoms with E-state index in [0.717, 1.165) is 31.6 Å². The standard InChI is InChI=1S/C25H29FN6O3.H2/c1-3-28-13-19-21(31-8-6-25(7-9-31)34-10-11-35-25)5-4-18(22(19)27)24(33)30-17-12-20(26)23-29-16(2)14-32(23)15-17;/h4-5,12-15H,3,6-11,27H2,1-2H3,(H,30,33);1H. The Morgan fingerprint density at radius 2 is 2.06 bits per heavy atom. The number of pyridine rings is 1. The van der Waals surface area contributed by atoms with Gasteiger partial charge in [-0.3, -0.25) is 9.79 Å². The molecule has 2 saturated heterocycles. The highest BCUT2D eigenvalue weighted by molar-refractivity contribution is 6.11. The Morgan fingerprint density at radius 3 is 2.77 bits per heavy atom. The maximum absolute atomic E-state index is 14.5. The van der Waals surface area contributed by atoms with Gasteiger partial charge in [-0.1, -0.05) is 0 Å². The molecule has 2 aliphatic rings. The van der Waals surface area contributed by atoms with Gasteiger partial charge in [0.15, 0.2) is 17.3 Å². The molecule has 4 heterocycles. The molecule has 1 aromatic carbocycles. The molecule has 1 spiro atoms. The molecule has 0 atom stereocenters. The Hall–Kier alpha value is -3.50. The molecule has 3 N–H and O–H groups in total. The third-order valence-corrected chi connectivity index (χ3v) is 6.48. The minimum absolute atomic E-state index is 0. The second-order valence-electron chi connectivity index (χ2n) is 8.83. The van der Waals surface area contributed by atoms with Crippen molar-refractivity contribution in [2.24, 2.45) is 4.99 Å². The first kappa shape index (κ1) is 23.3. The van der Waals surface area contributed by atoms with Gasteiger partial charge in [0, 0.05) is 69.8 Å². The third-order valence-electron chi connectivity index (χ3n) is 6.48. The predicted octanol–water partition coefficient (Wildman–Crippen LogP) is 3.64. The fraction of sp³-hybridized carbons (Fsp3) is 0.400. The van der Waals surface area contributed by atoms with E-state index in [-0.39, 0.29) is 7.07 Å². The summed E-state index contributed by atoms with van der Waals surface area (Å²) in [6.07, 6.45) is 6.54. The van der Waals surface area contributed by atoms with E-state index in [0.29, 0.717) is 48.0 Å². The van der Waals surface area contributed by atoms with Crippen LogP contribution >= 0.6 is 0 Å². The summed E-state index contributed by atoms with van der Waals surface area (Å²) in [5.41, 5.74) is 9.92. The number of amides is 1. The number of benzene rings is 1. The zero-order valence-corrected chi connectivity index (χ0v) is 19.9. The van der Waals surface area contributed by atoms with E-state index in [2.05, 4.69) is 20.2 Å². The van der Waals surface area contributed by atoms with Crippen LogP contribution < -0.4 is 16.0 Å². The quantitative estimate of drug-likeness (QED) is 0.425. The van der Waals surface area contributed by atoms with Crippen molar-refractivity contribution in [1.29, 1.82) is 0 Å². The van der Waals surface area contributed by atoms with Gasteiger partial charge in [0.2, 0.25) is 0 Å². The van der Waals surface area contributed by atoms with Crippen LogP contribution in [0.15, 0.2) is 35.6 Å². The van der Waals surface area contributed by atoms with E-state index in [9.17, 15) is 9.18 Å². The lowest BCUT2D eigenvalue weighted by atomic mass is 9.99. The molecule has 9 nitrogen and oxygen atoms in total. The number of nitrogens with one attached hydrogen (secondary N) is 1. The Kier molecular flexibility index (Phi) is 6.16. The Balaban J connectivity index is 0.00000304. The summed E-state index contributed by atoms with van der Waals surface area (Å²) in [6, 6.07) is 4.84. The number of aromatic nitrogens is 2. The molecule has 5 rings (SSSR count). The molecular weight excluding hydrogens is 451 g/mol. The number of hydrogen-bond donors (Lipinski definition) is 2. The van der Waals surface area contributed by atoms with Crippen molar-refractivity contribution in [3.8, 4) is 0 Å². The van der Waals surface area contributed by atoms with Gasteiger partial charge in [-0.2, -0.15) is 0 Å². The number of halogens is 1. The monoisotopic (exact) mass is 482 g/mol. The van der Waals surface area contributed by atoms with Gasteiger partial charge in [-0.05, 0) is 26.0 Å². The molecule has 10 heteroatoms. The number of ether oxygens (including phenoxy) is 2. The van der Waals surface area contributed by atoms with E-state index in [1.807, 2.05) is 13.0 Å². The van der Waals surface area contributed by atoms with Gasteiger partial charge >= 0.3 is 0 Å². The van der Waals surface area contributed by atoms with Crippen LogP contribution in [0, 0.1) is 12.7 Å². The lowest BCUT2D eigenvalue weighted by Gasteiger charge is -2.39. The highest BCUT2D eigenvalue weighted by atomic mass is 19.1. The number of piperidine rings is 1. The van der Waals surface area contributed by atoms with Crippen LogP contribution in [0.2, 0.25) is 0 Å². The van der Waals surface area contributed by atoms with E-state index in [4.69, 9.17) is 15.2 Å². The fourth-order valence-electron chi connectivity index (χ4n) is 4.74. The van der Waals surface area contributed by atoms with E-state index in [1.165, 1.54) is 6.07 Å². The van der Waals surface area contributed by atoms with Gasteiger partial charge in [0.05, 0.1) is 35.8 Å². The summed E-state index contributed by atoms with van der Waals surface area (Å²) >= 11 is 0. The summed E-state index contributed by atoms with van der Waals surface area (Å²) in [4.78, 5) is 23.9. The number of anilines is 3. The number of nitrogens with two attached hydrogens (primary N) is 1. The molecule has 0 aliphatic carbocycles. The minimum atomic E-state index is -0.520. The van der Waals surface area contributed by atoms with Crippen LogP contribution in [-0.2, 0) is 9.47 Å². The zero-order chi connectivity index (χ0) is 24.6. The average molecular weight is 483 g/mol. The molecule has 0 radical (unpaired) electrons. The third kappa shape index (κ3) is 4.46. The number of aliphatic imine (C=N–C) groups is 1. The van der Waals surface area contributed by atoms with Gasteiger partial charge < -0.3 is 29.8 Å². The van der Waals surface area contributed by atoms with Crippen molar-refractivity contribution in [2.45, 2.75) is 32.5 Å². The van der Waals surface area contributed by atoms with Crippen molar-refractivity contribution >= 4 is 34.8 Å². The van der Waals surface area contributed by atoms with E-state index >= 15 is 0 Å². The summed E-state index contributed by atoms with van der Waals surface area (Å²) in [6.45, 7) is 7.03. The summed E-state index contributed by atoms with van der Waals surface area (Å²) in [5, 5.41) is 2.76. The Morgan fingerprint density at radius 1 is 1.31 bits per heavy atom. The SMILES string of the molecule is CCN=Cc1c(N2CCC3(CC2)OCCO3)ccc(C(=O)Nc2cc(F)c3nc(C)cn3c2)c1N.[HH]. The molecule has 186 valence electrons. The van der Waals surface area contributed by atoms with Crippen molar-refractivity contribution in [3.63, 3.8) is 0 Å². The maximum atomic E-state index is 14.5. The normalized spacial score (nSPS) is 17.6. The number of carbonyl (C=O) groups is 1. The first-order chi connectivity index (χ1) is 16.9. The smallest absolute Gasteiger partial charge is 0.257 e. The highest BCUT2D eigenvalue weighted by Gasteiger charge is 2.40. The van der Waals surface area contributed by atoms with E-state index in [1.54, 1.807) is 36.0 Å². The number of fused-ring (bicyclic) bond motifs is 1.